The van der Waals surface area contributed by atoms with Gasteiger partial charge in [0.1, 0.15) is 16.7 Å². The molecule has 170 valence electrons. The van der Waals surface area contributed by atoms with Gasteiger partial charge in [-0.1, -0.05) is 24.6 Å². The van der Waals surface area contributed by atoms with E-state index >= 15 is 0 Å². The molecule has 32 heavy (non-hydrogen) atoms. The van der Waals surface area contributed by atoms with Crippen molar-refractivity contribution in [3.8, 4) is 0 Å². The van der Waals surface area contributed by atoms with Gasteiger partial charge in [0.25, 0.3) is 11.5 Å². The van der Waals surface area contributed by atoms with E-state index in [2.05, 4.69) is 45.7 Å². The third-order valence-corrected chi connectivity index (χ3v) is 7.41. The molecule has 2 aromatic heterocycles. The summed E-state index contributed by atoms with van der Waals surface area (Å²) >= 11 is 2.79. The topological polar surface area (TPSA) is 104 Å². The summed E-state index contributed by atoms with van der Waals surface area (Å²) in [6.07, 6.45) is 0.820. The van der Waals surface area contributed by atoms with Crippen molar-refractivity contribution >= 4 is 45.1 Å². The first-order valence-electron chi connectivity index (χ1n) is 10.5. The Hall–Kier alpha value is -2.65. The number of fused-ring (bicyclic) bond motifs is 1. The molecule has 0 aliphatic heterocycles. The van der Waals surface area contributed by atoms with Crippen LogP contribution in [0.4, 0.5) is 0 Å². The number of aryl methyl sites for hydroxylation is 3. The molecule has 0 saturated carbocycles. The molecule has 1 atom stereocenters. The van der Waals surface area contributed by atoms with E-state index in [1.165, 1.54) is 22.5 Å². The van der Waals surface area contributed by atoms with Crippen LogP contribution in [0, 0.1) is 20.8 Å². The molecule has 0 unspecified atom stereocenters. The van der Waals surface area contributed by atoms with E-state index in [-0.39, 0.29) is 17.4 Å². The monoisotopic (exact) mass is 472 g/mol. The summed E-state index contributed by atoms with van der Waals surface area (Å²) in [6.45, 7) is 9.99. The maximum Gasteiger partial charge on any atom is 0.262 e. The van der Waals surface area contributed by atoms with Crippen LogP contribution in [0.25, 0.3) is 10.2 Å². The molecule has 2 heterocycles. The lowest BCUT2D eigenvalue weighted by molar-refractivity contribution is -0.122. The van der Waals surface area contributed by atoms with Gasteiger partial charge in [-0.25, -0.2) is 4.98 Å². The summed E-state index contributed by atoms with van der Waals surface area (Å²) in [7, 11) is 0. The van der Waals surface area contributed by atoms with E-state index in [1.54, 1.807) is 25.6 Å². The zero-order chi connectivity index (χ0) is 23.4. The summed E-state index contributed by atoms with van der Waals surface area (Å²) in [4.78, 5) is 47.1. The van der Waals surface area contributed by atoms with Gasteiger partial charge in [0.15, 0.2) is 0 Å². The predicted molar refractivity (Wildman–Crippen MR) is 131 cm³/mol. The molecule has 2 amide bonds. The van der Waals surface area contributed by atoms with Crippen molar-refractivity contribution in [3.05, 3.63) is 55.9 Å². The summed E-state index contributed by atoms with van der Waals surface area (Å²) in [5, 5.41) is 5.90. The van der Waals surface area contributed by atoms with Crippen LogP contribution in [0.5, 0.6) is 0 Å². The van der Waals surface area contributed by atoms with Crippen molar-refractivity contribution in [2.45, 2.75) is 57.7 Å². The van der Waals surface area contributed by atoms with Crippen LogP contribution in [-0.2, 0) is 10.5 Å². The lowest BCUT2D eigenvalue weighted by atomic mass is 10.2. The second-order valence-corrected chi connectivity index (χ2v) is 9.81. The van der Waals surface area contributed by atoms with Gasteiger partial charge in [0.05, 0.1) is 16.0 Å². The maximum atomic E-state index is 12.8. The summed E-state index contributed by atoms with van der Waals surface area (Å²) in [5.41, 5.74) is 2.67. The Morgan fingerprint density at radius 3 is 2.72 bits per heavy atom. The molecule has 0 aliphatic carbocycles. The molecule has 3 aromatic rings. The fourth-order valence-electron chi connectivity index (χ4n) is 3.21. The summed E-state index contributed by atoms with van der Waals surface area (Å²) in [5.74, 6) is 0.466. The number of thiophene rings is 1. The number of nitrogens with one attached hydrogen (secondary N) is 3. The summed E-state index contributed by atoms with van der Waals surface area (Å²) < 4.78 is 0. The molecule has 3 rings (SSSR count). The number of nitrogens with zero attached hydrogens (tertiary/aromatic N) is 1. The molecular formula is C23H28N4O3S2. The number of aromatic nitrogens is 2. The van der Waals surface area contributed by atoms with E-state index in [9.17, 15) is 14.4 Å². The Balaban J connectivity index is 1.81. The van der Waals surface area contributed by atoms with Crippen LogP contribution in [0.3, 0.4) is 0 Å². The zero-order valence-electron chi connectivity index (χ0n) is 18.9. The molecule has 1 aromatic carbocycles. The molecule has 0 spiro atoms. The minimum absolute atomic E-state index is 0.235. The van der Waals surface area contributed by atoms with E-state index in [1.807, 2.05) is 13.8 Å². The third kappa shape index (κ3) is 5.39. The molecular weight excluding hydrogens is 444 g/mol. The Bertz CT molecular complexity index is 1220. The highest BCUT2D eigenvalue weighted by Crippen LogP contribution is 2.29. The quantitative estimate of drug-likeness (QED) is 0.432. The average Bonchev–Trinajstić information content (AvgIpc) is 3.09. The number of thioether (sulfide) groups is 1. The van der Waals surface area contributed by atoms with Gasteiger partial charge in [-0.15, -0.1) is 23.1 Å². The van der Waals surface area contributed by atoms with Crippen molar-refractivity contribution < 1.29 is 9.59 Å². The van der Waals surface area contributed by atoms with Crippen molar-refractivity contribution in [2.75, 3.05) is 6.54 Å². The highest BCUT2D eigenvalue weighted by atomic mass is 32.2. The average molecular weight is 473 g/mol. The fourth-order valence-corrected chi connectivity index (χ4v) is 5.31. The predicted octanol–water partition coefficient (Wildman–Crippen LogP) is 3.85. The maximum absolute atomic E-state index is 12.8. The number of carbonyl (C=O) groups is 2. The molecule has 0 aliphatic rings. The van der Waals surface area contributed by atoms with Crippen molar-refractivity contribution in [1.29, 1.82) is 0 Å². The molecule has 0 fully saturated rings. The lowest BCUT2D eigenvalue weighted by Gasteiger charge is -2.13. The highest BCUT2D eigenvalue weighted by molar-refractivity contribution is 7.98. The number of benzene rings is 1. The Morgan fingerprint density at radius 1 is 1.25 bits per heavy atom. The Labute approximate surface area is 195 Å². The van der Waals surface area contributed by atoms with Crippen molar-refractivity contribution in [2.24, 2.45) is 0 Å². The van der Waals surface area contributed by atoms with Gasteiger partial charge in [-0.05, 0) is 51.3 Å². The van der Waals surface area contributed by atoms with Crippen LogP contribution in [0.1, 0.15) is 52.5 Å². The van der Waals surface area contributed by atoms with Crippen LogP contribution in [-0.4, -0.2) is 34.4 Å². The summed E-state index contributed by atoms with van der Waals surface area (Å²) in [6, 6.07) is 5.59. The van der Waals surface area contributed by atoms with Crippen LogP contribution in [0.2, 0.25) is 0 Å². The normalized spacial score (nSPS) is 12.0. The first kappa shape index (κ1) is 24.0. The van der Waals surface area contributed by atoms with E-state index in [4.69, 9.17) is 0 Å². The van der Waals surface area contributed by atoms with Gasteiger partial charge in [-0.2, -0.15) is 0 Å². The second-order valence-electron chi connectivity index (χ2n) is 7.79. The van der Waals surface area contributed by atoms with Crippen LogP contribution in [0.15, 0.2) is 27.9 Å². The number of rotatable bonds is 8. The fraction of sp³-hybridized carbons (Fsp3) is 0.391. The number of H-pyrrole nitrogens is 1. The minimum atomic E-state index is -0.672. The molecule has 0 bridgehead atoms. The highest BCUT2D eigenvalue weighted by Gasteiger charge is 2.22. The van der Waals surface area contributed by atoms with Gasteiger partial charge >= 0.3 is 0 Å². The Kier molecular flexibility index (Phi) is 7.73. The van der Waals surface area contributed by atoms with Gasteiger partial charge < -0.3 is 15.6 Å². The number of aromatic amines is 1. The second kappa shape index (κ2) is 10.3. The van der Waals surface area contributed by atoms with E-state index < -0.39 is 6.04 Å². The van der Waals surface area contributed by atoms with Crippen LogP contribution < -0.4 is 16.2 Å². The molecule has 9 heteroatoms. The van der Waals surface area contributed by atoms with E-state index in [0.717, 1.165) is 11.3 Å². The minimum Gasteiger partial charge on any atom is -0.354 e. The number of amides is 2. The van der Waals surface area contributed by atoms with Gasteiger partial charge in [0.2, 0.25) is 5.91 Å². The molecule has 0 radical (unpaired) electrons. The SMILES string of the molecule is CCCNC(=O)[C@H](C)NC(=O)c1sc2nc(CSc3cc(C)ccc3C)[nH]c(=O)c2c1C. The smallest absolute Gasteiger partial charge is 0.262 e. The van der Waals surface area contributed by atoms with Crippen LogP contribution >= 0.6 is 23.1 Å². The largest absolute Gasteiger partial charge is 0.354 e. The number of hydrogen-bond donors (Lipinski definition) is 3. The lowest BCUT2D eigenvalue weighted by Crippen LogP contribution is -2.44. The van der Waals surface area contributed by atoms with E-state index in [0.29, 0.717) is 38.8 Å². The number of carbonyl (C=O) groups excluding carboxylic acids is 2. The molecule has 0 saturated heterocycles. The Morgan fingerprint density at radius 2 is 2.00 bits per heavy atom. The third-order valence-electron chi connectivity index (χ3n) is 5.05. The number of hydrogen-bond acceptors (Lipinski definition) is 6. The first-order chi connectivity index (χ1) is 15.2. The van der Waals surface area contributed by atoms with Crippen molar-refractivity contribution in [1.82, 2.24) is 20.6 Å². The first-order valence-corrected chi connectivity index (χ1v) is 12.3. The van der Waals surface area contributed by atoms with Gasteiger partial charge in [-0.3, -0.25) is 14.4 Å². The zero-order valence-corrected chi connectivity index (χ0v) is 20.6. The van der Waals surface area contributed by atoms with Gasteiger partial charge in [0, 0.05) is 11.4 Å². The van der Waals surface area contributed by atoms with Crippen molar-refractivity contribution in [3.63, 3.8) is 0 Å². The standard InChI is InChI=1S/C23H28N4O3S2/c1-6-9-24-20(28)15(5)25-22(30)19-14(4)18-21(29)26-17(27-23(18)32-19)11-31-16-10-12(2)7-8-13(16)3/h7-8,10,15H,6,9,11H2,1-5H3,(H,24,28)(H,25,30)(H,26,27,29)/t15-/m0/s1. The molecule has 3 N–H and O–H groups in total. The molecule has 7 nitrogen and oxygen atoms in total.